The van der Waals surface area contributed by atoms with E-state index < -0.39 is 23.7 Å². The number of hydrogen-bond donors (Lipinski definition) is 2. The van der Waals surface area contributed by atoms with Gasteiger partial charge in [-0.2, -0.15) is 13.2 Å². The van der Waals surface area contributed by atoms with E-state index in [2.05, 4.69) is 26.8 Å². The highest BCUT2D eigenvalue weighted by molar-refractivity contribution is 6.12. The number of benzene rings is 1. The number of fused-ring (bicyclic) bond motifs is 1. The van der Waals surface area contributed by atoms with Crippen LogP contribution in [0, 0.1) is 5.41 Å². The predicted octanol–water partition coefficient (Wildman–Crippen LogP) is 4.35. The molecule has 13 heteroatoms. The van der Waals surface area contributed by atoms with Gasteiger partial charge in [0, 0.05) is 31.9 Å². The highest BCUT2D eigenvalue weighted by Crippen LogP contribution is 2.47. The summed E-state index contributed by atoms with van der Waals surface area (Å²) in [4.78, 5) is 27.6. The quantitative estimate of drug-likeness (QED) is 0.286. The molecule has 2 aromatic rings. The smallest absolute Gasteiger partial charge is 0.408 e. The summed E-state index contributed by atoms with van der Waals surface area (Å²) in [5.41, 5.74) is 1.27. The Bertz CT molecular complexity index is 1310. The van der Waals surface area contributed by atoms with E-state index in [-0.39, 0.29) is 31.3 Å². The van der Waals surface area contributed by atoms with Gasteiger partial charge in [-0.05, 0) is 51.0 Å². The summed E-state index contributed by atoms with van der Waals surface area (Å²) in [7, 11) is 0. The Morgan fingerprint density at radius 2 is 1.88 bits per heavy atom. The standard InChI is InChI=1S/C28H34F3N7O3/c1-4-11-33-23-22-24(35-21(34-23)17-41-26(32)37-12-5-6-20(37)28(29,30)31)38(25(39)27(22,2)3)19-9-7-18(8-10-19)36-13-15-40-16-14-36/h4,7-10,20,32H,1,5-6,11-17H2,2-3H3,(H,33,34,35)/t20-/m1/s1. The summed E-state index contributed by atoms with van der Waals surface area (Å²) < 4.78 is 51.2. The van der Waals surface area contributed by atoms with E-state index >= 15 is 0 Å². The van der Waals surface area contributed by atoms with Crippen molar-refractivity contribution >= 4 is 34.9 Å². The number of morpholine rings is 1. The number of likely N-dealkylation sites (tertiary alicyclic amines) is 1. The number of amidine groups is 1. The van der Waals surface area contributed by atoms with Crippen molar-refractivity contribution < 1.29 is 27.4 Å². The first-order valence-electron chi connectivity index (χ1n) is 13.6. The summed E-state index contributed by atoms with van der Waals surface area (Å²) in [5.74, 6) is 0.696. The molecule has 3 aliphatic heterocycles. The summed E-state index contributed by atoms with van der Waals surface area (Å²) in [6.07, 6.45) is -2.58. The lowest BCUT2D eigenvalue weighted by Gasteiger charge is -2.29. The monoisotopic (exact) mass is 573 g/mol. The molecule has 1 amide bonds. The van der Waals surface area contributed by atoms with Crippen LogP contribution in [0.1, 0.15) is 38.1 Å². The van der Waals surface area contributed by atoms with Crippen LogP contribution in [-0.4, -0.2) is 78.4 Å². The van der Waals surface area contributed by atoms with Gasteiger partial charge in [-0.15, -0.1) is 6.58 Å². The van der Waals surface area contributed by atoms with Crippen molar-refractivity contribution in [3.63, 3.8) is 0 Å². The molecule has 0 aliphatic carbocycles. The second-order valence-electron chi connectivity index (χ2n) is 10.7. The first-order valence-corrected chi connectivity index (χ1v) is 13.6. The lowest BCUT2D eigenvalue weighted by Crippen LogP contribution is -2.45. The number of carbonyl (C=O) groups is 1. The van der Waals surface area contributed by atoms with Gasteiger partial charge in [-0.3, -0.25) is 15.1 Å². The molecule has 0 unspecified atom stereocenters. The third-order valence-corrected chi connectivity index (χ3v) is 7.64. The van der Waals surface area contributed by atoms with Crippen LogP contribution in [0.4, 0.5) is 36.2 Å². The van der Waals surface area contributed by atoms with E-state index in [4.69, 9.17) is 14.9 Å². The van der Waals surface area contributed by atoms with E-state index in [0.717, 1.165) is 23.7 Å². The lowest BCUT2D eigenvalue weighted by molar-refractivity contribution is -0.169. The maximum absolute atomic E-state index is 13.8. The number of ether oxygens (including phenoxy) is 2. The fourth-order valence-electron chi connectivity index (χ4n) is 5.51. The molecule has 1 aromatic heterocycles. The molecule has 0 spiro atoms. The average Bonchev–Trinajstić information content (AvgIpc) is 3.53. The van der Waals surface area contributed by atoms with Gasteiger partial charge in [-0.25, -0.2) is 9.97 Å². The zero-order valence-corrected chi connectivity index (χ0v) is 23.1. The summed E-state index contributed by atoms with van der Waals surface area (Å²) in [5, 5.41) is 11.4. The van der Waals surface area contributed by atoms with Crippen LogP contribution >= 0.6 is 0 Å². The van der Waals surface area contributed by atoms with E-state index in [1.54, 1.807) is 19.9 Å². The predicted molar refractivity (Wildman–Crippen MR) is 149 cm³/mol. The maximum Gasteiger partial charge on any atom is 0.408 e. The number of rotatable bonds is 7. The average molecular weight is 574 g/mol. The van der Waals surface area contributed by atoms with Gasteiger partial charge in [0.25, 0.3) is 6.02 Å². The molecular formula is C28H34F3N7O3. The number of amides is 1. The zero-order valence-electron chi connectivity index (χ0n) is 23.1. The van der Waals surface area contributed by atoms with Crippen molar-refractivity contribution in [1.82, 2.24) is 14.9 Å². The number of nitrogens with zero attached hydrogens (tertiary/aromatic N) is 5. The topological polar surface area (TPSA) is 107 Å². The molecule has 5 rings (SSSR count). The van der Waals surface area contributed by atoms with Crippen LogP contribution in [0.2, 0.25) is 0 Å². The second-order valence-corrected chi connectivity index (χ2v) is 10.7. The van der Waals surface area contributed by atoms with Crippen LogP contribution in [-0.2, 0) is 26.3 Å². The van der Waals surface area contributed by atoms with Crippen LogP contribution in [0.3, 0.4) is 0 Å². The lowest BCUT2D eigenvalue weighted by atomic mass is 9.87. The van der Waals surface area contributed by atoms with Gasteiger partial charge in [0.05, 0.1) is 29.9 Å². The third kappa shape index (κ3) is 5.54. The minimum Gasteiger partial charge on any atom is -0.457 e. The Labute approximate surface area is 236 Å². The molecule has 3 aliphatic rings. The van der Waals surface area contributed by atoms with Crippen LogP contribution in [0.25, 0.3) is 0 Å². The van der Waals surface area contributed by atoms with Crippen molar-refractivity contribution in [1.29, 1.82) is 5.41 Å². The Morgan fingerprint density at radius 3 is 2.54 bits per heavy atom. The number of nitrogens with one attached hydrogen (secondary N) is 2. The molecule has 0 saturated carbocycles. The molecule has 1 atom stereocenters. The summed E-state index contributed by atoms with van der Waals surface area (Å²) in [6, 6.07) is 5.30. The molecule has 2 saturated heterocycles. The van der Waals surface area contributed by atoms with E-state index in [1.807, 2.05) is 24.3 Å². The van der Waals surface area contributed by atoms with Gasteiger partial charge in [0.2, 0.25) is 5.91 Å². The molecule has 220 valence electrons. The molecule has 0 radical (unpaired) electrons. The molecule has 2 fully saturated rings. The normalized spacial score (nSPS) is 20.3. The molecule has 1 aromatic carbocycles. The van der Waals surface area contributed by atoms with Gasteiger partial charge in [-0.1, -0.05) is 6.08 Å². The zero-order chi connectivity index (χ0) is 29.4. The number of alkyl halides is 3. The maximum atomic E-state index is 13.8. The molecule has 2 N–H and O–H groups in total. The molecule has 10 nitrogen and oxygen atoms in total. The highest BCUT2D eigenvalue weighted by Gasteiger charge is 2.49. The van der Waals surface area contributed by atoms with Crippen molar-refractivity contribution in [2.45, 2.75) is 50.9 Å². The van der Waals surface area contributed by atoms with Gasteiger partial charge in [0.15, 0.2) is 12.4 Å². The Hall–Kier alpha value is -3.87. The minimum atomic E-state index is -4.46. The van der Waals surface area contributed by atoms with Crippen molar-refractivity contribution in [3.8, 4) is 0 Å². The Balaban J connectivity index is 1.45. The molecule has 0 bridgehead atoms. The second kappa shape index (κ2) is 11.2. The molecule has 4 heterocycles. The van der Waals surface area contributed by atoms with Crippen molar-refractivity contribution in [3.05, 3.63) is 48.3 Å². The summed E-state index contributed by atoms with van der Waals surface area (Å²) in [6.45, 7) is 10.3. The van der Waals surface area contributed by atoms with E-state index in [9.17, 15) is 18.0 Å². The van der Waals surface area contributed by atoms with Gasteiger partial charge >= 0.3 is 6.18 Å². The van der Waals surface area contributed by atoms with Crippen LogP contribution in [0.15, 0.2) is 36.9 Å². The number of halogens is 3. The Kier molecular flexibility index (Phi) is 7.82. The van der Waals surface area contributed by atoms with Crippen molar-refractivity contribution in [2.75, 3.05) is 54.5 Å². The molecule has 41 heavy (non-hydrogen) atoms. The van der Waals surface area contributed by atoms with Gasteiger partial charge in [0.1, 0.15) is 17.7 Å². The highest BCUT2D eigenvalue weighted by atomic mass is 19.4. The fourth-order valence-corrected chi connectivity index (χ4v) is 5.51. The number of carbonyl (C=O) groups excluding carboxylic acids is 1. The fraction of sp³-hybridized carbons (Fsp3) is 0.500. The van der Waals surface area contributed by atoms with Crippen LogP contribution < -0.4 is 15.1 Å². The minimum absolute atomic E-state index is 0.0805. The largest absolute Gasteiger partial charge is 0.457 e. The Morgan fingerprint density at radius 1 is 1.20 bits per heavy atom. The van der Waals surface area contributed by atoms with Crippen molar-refractivity contribution in [2.24, 2.45) is 0 Å². The van der Waals surface area contributed by atoms with E-state index in [0.29, 0.717) is 49.1 Å². The summed E-state index contributed by atoms with van der Waals surface area (Å²) >= 11 is 0. The third-order valence-electron chi connectivity index (χ3n) is 7.64. The number of anilines is 4. The SMILES string of the molecule is C=CCNc1nc(COC(=N)N2CCC[C@@H]2C(F)(F)F)nc2c1C(C)(C)C(=O)N2c1ccc(N2CCOCC2)cc1. The van der Waals surface area contributed by atoms with Crippen LogP contribution in [0.5, 0.6) is 0 Å². The first-order chi connectivity index (χ1) is 19.5. The first kappa shape index (κ1) is 28.7. The van der Waals surface area contributed by atoms with Gasteiger partial charge < -0.3 is 24.6 Å². The van der Waals surface area contributed by atoms with E-state index in [1.165, 1.54) is 4.90 Å². The number of aromatic nitrogens is 2. The number of hydrogen-bond acceptors (Lipinski definition) is 8. The molecular weight excluding hydrogens is 539 g/mol.